The van der Waals surface area contributed by atoms with Crippen molar-refractivity contribution in [1.82, 2.24) is 0 Å². The van der Waals surface area contributed by atoms with E-state index in [1.165, 1.54) is 19.2 Å². The summed E-state index contributed by atoms with van der Waals surface area (Å²) in [6, 6.07) is 9.47. The maximum Gasteiger partial charge on any atom is 0.339 e. The molecule has 0 aromatic heterocycles. The summed E-state index contributed by atoms with van der Waals surface area (Å²) in [6.45, 7) is 2.29. The highest BCUT2D eigenvalue weighted by atomic mass is 35.5. The Hall–Kier alpha value is -2.07. The maximum absolute atomic E-state index is 13.1. The summed E-state index contributed by atoms with van der Waals surface area (Å²) in [4.78, 5) is 11.7. The number of hydrogen-bond acceptors (Lipinski definition) is 3. The molecule has 0 aliphatic heterocycles. The van der Waals surface area contributed by atoms with Crippen LogP contribution in [0.5, 0.6) is 0 Å². The molecule has 0 aliphatic carbocycles. The smallest absolute Gasteiger partial charge is 0.339 e. The Balaban J connectivity index is 2.23. The lowest BCUT2D eigenvalue weighted by Crippen LogP contribution is -2.09. The number of aryl methyl sites for hydroxylation is 1. The first kappa shape index (κ1) is 15.3. The molecule has 110 valence electrons. The van der Waals surface area contributed by atoms with Crippen molar-refractivity contribution in [3.8, 4) is 0 Å². The van der Waals surface area contributed by atoms with Gasteiger partial charge >= 0.3 is 5.97 Å². The number of carbonyl (C=O) groups is 1. The molecule has 0 amide bonds. The lowest BCUT2D eigenvalue weighted by Gasteiger charge is -2.12. The van der Waals surface area contributed by atoms with Crippen LogP contribution in [0.2, 0.25) is 5.02 Å². The van der Waals surface area contributed by atoms with Gasteiger partial charge in [0.1, 0.15) is 5.82 Å². The van der Waals surface area contributed by atoms with Crippen LogP contribution >= 0.6 is 11.6 Å². The van der Waals surface area contributed by atoms with Gasteiger partial charge in [0.05, 0.1) is 18.4 Å². The number of anilines is 1. The Morgan fingerprint density at radius 3 is 2.71 bits per heavy atom. The van der Waals surface area contributed by atoms with E-state index in [-0.39, 0.29) is 5.82 Å². The molecule has 2 aromatic carbocycles. The molecule has 0 atom stereocenters. The van der Waals surface area contributed by atoms with E-state index < -0.39 is 5.97 Å². The lowest BCUT2D eigenvalue weighted by molar-refractivity contribution is 0.0602. The number of methoxy groups -OCH3 is 1. The van der Waals surface area contributed by atoms with Crippen molar-refractivity contribution in [2.45, 2.75) is 13.5 Å². The van der Waals surface area contributed by atoms with E-state index in [0.29, 0.717) is 22.8 Å². The van der Waals surface area contributed by atoms with Crippen LogP contribution in [-0.2, 0) is 11.3 Å². The Morgan fingerprint density at radius 2 is 2.05 bits per heavy atom. The summed E-state index contributed by atoms with van der Waals surface area (Å²) in [5.41, 5.74) is 2.76. The third-order valence-corrected chi connectivity index (χ3v) is 3.40. The first-order chi connectivity index (χ1) is 10.0. The number of carbonyl (C=O) groups excluding carboxylic acids is 1. The van der Waals surface area contributed by atoms with Gasteiger partial charge in [-0.1, -0.05) is 17.7 Å². The van der Waals surface area contributed by atoms with Crippen LogP contribution in [0.3, 0.4) is 0 Å². The molecule has 0 aliphatic rings. The second-order valence-corrected chi connectivity index (χ2v) is 5.04. The van der Waals surface area contributed by atoms with Crippen molar-refractivity contribution in [2.24, 2.45) is 0 Å². The van der Waals surface area contributed by atoms with Gasteiger partial charge in [-0.3, -0.25) is 0 Å². The fourth-order valence-electron chi connectivity index (χ4n) is 2.00. The molecule has 1 N–H and O–H groups in total. The molecule has 0 saturated heterocycles. The van der Waals surface area contributed by atoms with Crippen LogP contribution in [0, 0.1) is 12.7 Å². The summed E-state index contributed by atoms with van der Waals surface area (Å²) in [6.07, 6.45) is 0. The number of benzene rings is 2. The largest absolute Gasteiger partial charge is 0.465 e. The van der Waals surface area contributed by atoms with Crippen molar-refractivity contribution in [1.29, 1.82) is 0 Å². The first-order valence-electron chi connectivity index (χ1n) is 6.38. The fraction of sp³-hybridized carbons (Fsp3) is 0.188. The molecule has 0 spiro atoms. The van der Waals surface area contributed by atoms with Crippen molar-refractivity contribution in [3.05, 3.63) is 63.9 Å². The standard InChI is InChI=1S/C16H15ClFNO2/c1-10-7-13(18)5-3-11(10)9-19-15-8-12(17)4-6-14(15)16(20)21-2/h3-8,19H,9H2,1-2H3. The van der Waals surface area contributed by atoms with Gasteiger partial charge in [-0.25, -0.2) is 9.18 Å². The maximum atomic E-state index is 13.1. The Labute approximate surface area is 127 Å². The van der Waals surface area contributed by atoms with Crippen molar-refractivity contribution >= 4 is 23.3 Å². The third-order valence-electron chi connectivity index (χ3n) is 3.16. The molecule has 0 heterocycles. The molecule has 21 heavy (non-hydrogen) atoms. The highest BCUT2D eigenvalue weighted by Crippen LogP contribution is 2.23. The second-order valence-electron chi connectivity index (χ2n) is 4.61. The number of esters is 1. The quantitative estimate of drug-likeness (QED) is 0.861. The van der Waals surface area contributed by atoms with E-state index in [9.17, 15) is 9.18 Å². The van der Waals surface area contributed by atoms with Crippen molar-refractivity contribution in [3.63, 3.8) is 0 Å². The van der Waals surface area contributed by atoms with Gasteiger partial charge < -0.3 is 10.1 Å². The van der Waals surface area contributed by atoms with E-state index in [4.69, 9.17) is 16.3 Å². The number of ether oxygens (including phenoxy) is 1. The van der Waals surface area contributed by atoms with Gasteiger partial charge in [-0.05, 0) is 48.4 Å². The summed E-state index contributed by atoms with van der Waals surface area (Å²) in [5, 5.41) is 3.65. The number of nitrogens with one attached hydrogen (secondary N) is 1. The molecule has 0 fully saturated rings. The van der Waals surface area contributed by atoms with E-state index >= 15 is 0 Å². The first-order valence-corrected chi connectivity index (χ1v) is 6.76. The summed E-state index contributed by atoms with van der Waals surface area (Å²) in [5.74, 6) is -0.709. The Morgan fingerprint density at radius 1 is 1.29 bits per heavy atom. The average Bonchev–Trinajstić information content (AvgIpc) is 2.45. The van der Waals surface area contributed by atoms with Crippen molar-refractivity contribution < 1.29 is 13.9 Å². The van der Waals surface area contributed by atoms with Crippen molar-refractivity contribution in [2.75, 3.05) is 12.4 Å². The average molecular weight is 308 g/mol. The topological polar surface area (TPSA) is 38.3 Å². The van der Waals surface area contributed by atoms with Gasteiger partial charge in [0.2, 0.25) is 0 Å². The second kappa shape index (κ2) is 6.59. The van der Waals surface area contributed by atoms with Crippen LogP contribution in [0.4, 0.5) is 10.1 Å². The zero-order chi connectivity index (χ0) is 15.4. The fourth-order valence-corrected chi connectivity index (χ4v) is 2.17. The molecular weight excluding hydrogens is 293 g/mol. The number of halogens is 2. The molecule has 0 unspecified atom stereocenters. The lowest BCUT2D eigenvalue weighted by atomic mass is 10.1. The Bertz CT molecular complexity index is 673. The number of rotatable bonds is 4. The SMILES string of the molecule is COC(=O)c1ccc(Cl)cc1NCc1ccc(F)cc1C. The monoisotopic (exact) mass is 307 g/mol. The van der Waals surface area contributed by atoms with Crippen LogP contribution < -0.4 is 5.32 Å². The third kappa shape index (κ3) is 3.73. The highest BCUT2D eigenvalue weighted by Gasteiger charge is 2.12. The molecule has 0 bridgehead atoms. The molecule has 0 saturated carbocycles. The minimum absolute atomic E-state index is 0.269. The molecule has 2 aromatic rings. The minimum atomic E-state index is -0.440. The van der Waals surface area contributed by atoms with Gasteiger partial charge in [0.25, 0.3) is 0 Å². The predicted octanol–water partition coefficient (Wildman–Crippen LogP) is 4.19. The van der Waals surface area contributed by atoms with E-state index in [1.54, 1.807) is 24.3 Å². The minimum Gasteiger partial charge on any atom is -0.465 e. The zero-order valence-corrected chi connectivity index (χ0v) is 12.5. The molecule has 2 rings (SSSR count). The van der Waals surface area contributed by atoms with Gasteiger partial charge in [0.15, 0.2) is 0 Å². The molecule has 0 radical (unpaired) electrons. The van der Waals surface area contributed by atoms with Crippen LogP contribution in [0.1, 0.15) is 21.5 Å². The van der Waals surface area contributed by atoms with Crippen LogP contribution in [0.25, 0.3) is 0 Å². The van der Waals surface area contributed by atoms with Crippen LogP contribution in [-0.4, -0.2) is 13.1 Å². The molecular formula is C16H15ClFNO2. The summed E-state index contributed by atoms with van der Waals surface area (Å²) < 4.78 is 17.8. The van der Waals surface area contributed by atoms with Gasteiger partial charge in [-0.15, -0.1) is 0 Å². The summed E-state index contributed by atoms with van der Waals surface area (Å²) >= 11 is 5.96. The predicted molar refractivity (Wildman–Crippen MR) is 81.3 cm³/mol. The van der Waals surface area contributed by atoms with E-state index in [0.717, 1.165) is 11.1 Å². The molecule has 3 nitrogen and oxygen atoms in total. The zero-order valence-electron chi connectivity index (χ0n) is 11.7. The van der Waals surface area contributed by atoms with Crippen LogP contribution in [0.15, 0.2) is 36.4 Å². The highest BCUT2D eigenvalue weighted by molar-refractivity contribution is 6.31. The summed E-state index contributed by atoms with van der Waals surface area (Å²) in [7, 11) is 1.32. The van der Waals surface area contributed by atoms with E-state index in [2.05, 4.69) is 5.32 Å². The Kier molecular flexibility index (Phi) is 4.81. The number of hydrogen-bond donors (Lipinski definition) is 1. The normalized spacial score (nSPS) is 10.3. The van der Waals surface area contributed by atoms with E-state index in [1.807, 2.05) is 6.92 Å². The van der Waals surface area contributed by atoms with Gasteiger partial charge in [-0.2, -0.15) is 0 Å². The van der Waals surface area contributed by atoms with Gasteiger partial charge in [0, 0.05) is 11.6 Å². The molecule has 5 heteroatoms.